The minimum absolute atomic E-state index is 0.255. The van der Waals surface area contributed by atoms with Gasteiger partial charge in [-0.05, 0) is 42.5 Å². The summed E-state index contributed by atoms with van der Waals surface area (Å²) in [4.78, 5) is 4.69. The van der Waals surface area contributed by atoms with Crippen LogP contribution in [0.2, 0.25) is 0 Å². The van der Waals surface area contributed by atoms with E-state index in [9.17, 15) is 5.11 Å². The van der Waals surface area contributed by atoms with Crippen molar-refractivity contribution in [2.24, 2.45) is 0 Å². The summed E-state index contributed by atoms with van der Waals surface area (Å²) in [5, 5.41) is 22.0. The number of aromatic nitrogens is 3. The SMILES string of the molecule is Cc1cc(Nc2cc3cc(O)ccc3c(C(C)C)n2)n[nH]1. The van der Waals surface area contributed by atoms with Crippen LogP contribution < -0.4 is 5.32 Å². The number of nitrogens with zero attached hydrogens (tertiary/aromatic N) is 2. The molecule has 5 nitrogen and oxygen atoms in total. The number of benzene rings is 1. The third kappa shape index (κ3) is 2.67. The molecule has 108 valence electrons. The molecule has 0 atom stereocenters. The average Bonchev–Trinajstić information content (AvgIpc) is 2.82. The summed E-state index contributed by atoms with van der Waals surface area (Å²) in [6.07, 6.45) is 0. The molecular formula is C16H18N4O. The summed E-state index contributed by atoms with van der Waals surface area (Å²) in [5.41, 5.74) is 1.99. The van der Waals surface area contributed by atoms with Gasteiger partial charge in [0.1, 0.15) is 11.6 Å². The van der Waals surface area contributed by atoms with Gasteiger partial charge in [-0.15, -0.1) is 0 Å². The molecule has 0 aliphatic heterocycles. The van der Waals surface area contributed by atoms with Crippen molar-refractivity contribution in [1.82, 2.24) is 15.2 Å². The lowest BCUT2D eigenvalue weighted by Gasteiger charge is -2.12. The normalized spacial score (nSPS) is 11.2. The first-order valence-electron chi connectivity index (χ1n) is 6.95. The second-order valence-corrected chi connectivity index (χ2v) is 5.51. The van der Waals surface area contributed by atoms with Crippen LogP contribution in [0.4, 0.5) is 11.6 Å². The molecule has 0 fully saturated rings. The van der Waals surface area contributed by atoms with Crippen LogP contribution in [0.15, 0.2) is 30.3 Å². The van der Waals surface area contributed by atoms with E-state index in [2.05, 4.69) is 34.3 Å². The summed E-state index contributed by atoms with van der Waals surface area (Å²) < 4.78 is 0. The van der Waals surface area contributed by atoms with Gasteiger partial charge >= 0.3 is 0 Å². The number of phenolic OH excluding ortho intramolecular Hbond substituents is 1. The Balaban J connectivity index is 2.10. The van der Waals surface area contributed by atoms with Crippen molar-refractivity contribution in [3.63, 3.8) is 0 Å². The minimum Gasteiger partial charge on any atom is -0.508 e. The van der Waals surface area contributed by atoms with Crippen molar-refractivity contribution in [2.75, 3.05) is 5.32 Å². The summed E-state index contributed by atoms with van der Waals surface area (Å²) in [7, 11) is 0. The molecule has 0 saturated heterocycles. The molecule has 0 spiro atoms. The van der Waals surface area contributed by atoms with Crippen LogP contribution in [0.1, 0.15) is 31.2 Å². The van der Waals surface area contributed by atoms with E-state index in [0.717, 1.165) is 33.8 Å². The first-order valence-corrected chi connectivity index (χ1v) is 6.95. The number of pyridine rings is 1. The van der Waals surface area contributed by atoms with Gasteiger partial charge in [0.25, 0.3) is 0 Å². The first kappa shape index (κ1) is 13.4. The second kappa shape index (κ2) is 5.09. The molecular weight excluding hydrogens is 264 g/mol. The lowest BCUT2D eigenvalue weighted by Crippen LogP contribution is -2.00. The molecule has 3 N–H and O–H groups in total. The highest BCUT2D eigenvalue weighted by molar-refractivity contribution is 5.88. The molecule has 0 unspecified atom stereocenters. The Bertz CT molecular complexity index is 792. The monoisotopic (exact) mass is 282 g/mol. The maximum Gasteiger partial charge on any atom is 0.153 e. The molecule has 0 aliphatic rings. The maximum absolute atomic E-state index is 9.69. The van der Waals surface area contributed by atoms with Gasteiger partial charge in [-0.2, -0.15) is 5.10 Å². The number of hydrogen-bond donors (Lipinski definition) is 3. The maximum atomic E-state index is 9.69. The predicted molar refractivity (Wildman–Crippen MR) is 84.1 cm³/mol. The van der Waals surface area contributed by atoms with E-state index >= 15 is 0 Å². The molecule has 21 heavy (non-hydrogen) atoms. The summed E-state index contributed by atoms with van der Waals surface area (Å²) in [5.74, 6) is 2.00. The molecule has 0 bridgehead atoms. The van der Waals surface area contributed by atoms with Crippen LogP contribution in [0.5, 0.6) is 5.75 Å². The fourth-order valence-electron chi connectivity index (χ4n) is 2.39. The van der Waals surface area contributed by atoms with Crippen LogP contribution in [0.3, 0.4) is 0 Å². The van der Waals surface area contributed by atoms with E-state index in [1.165, 1.54) is 0 Å². The number of anilines is 2. The third-order valence-electron chi connectivity index (χ3n) is 3.35. The minimum atomic E-state index is 0.255. The molecule has 2 heterocycles. The van der Waals surface area contributed by atoms with E-state index in [-0.39, 0.29) is 5.75 Å². The largest absolute Gasteiger partial charge is 0.508 e. The molecule has 3 aromatic rings. The molecule has 3 rings (SSSR count). The summed E-state index contributed by atoms with van der Waals surface area (Å²) in [6, 6.07) is 9.20. The zero-order chi connectivity index (χ0) is 15.0. The summed E-state index contributed by atoms with van der Waals surface area (Å²) >= 11 is 0. The lowest BCUT2D eigenvalue weighted by molar-refractivity contribution is 0.476. The Kier molecular flexibility index (Phi) is 3.25. The molecule has 1 aromatic carbocycles. The molecule has 0 saturated carbocycles. The van der Waals surface area contributed by atoms with Crippen LogP contribution in [0.25, 0.3) is 10.8 Å². The van der Waals surface area contributed by atoms with Gasteiger partial charge in [0.15, 0.2) is 5.82 Å². The molecule has 0 aliphatic carbocycles. The molecule has 2 aromatic heterocycles. The van der Waals surface area contributed by atoms with Crippen LogP contribution >= 0.6 is 0 Å². The number of rotatable bonds is 3. The van der Waals surface area contributed by atoms with Gasteiger partial charge in [-0.1, -0.05) is 13.8 Å². The van der Waals surface area contributed by atoms with Crippen molar-refractivity contribution in [3.05, 3.63) is 41.7 Å². The first-order chi connectivity index (χ1) is 10.0. The van der Waals surface area contributed by atoms with Gasteiger partial charge in [0, 0.05) is 17.1 Å². The van der Waals surface area contributed by atoms with Gasteiger partial charge in [0.2, 0.25) is 0 Å². The number of phenols is 1. The number of H-pyrrole nitrogens is 1. The van der Waals surface area contributed by atoms with Gasteiger partial charge < -0.3 is 10.4 Å². The number of nitrogens with one attached hydrogen (secondary N) is 2. The Hall–Kier alpha value is -2.56. The Morgan fingerprint density at radius 3 is 2.62 bits per heavy atom. The van der Waals surface area contributed by atoms with E-state index in [1.807, 2.05) is 25.1 Å². The van der Waals surface area contributed by atoms with Crippen molar-refractivity contribution in [3.8, 4) is 5.75 Å². The number of aromatic amines is 1. The van der Waals surface area contributed by atoms with Crippen molar-refractivity contribution < 1.29 is 5.11 Å². The molecule has 0 radical (unpaired) electrons. The van der Waals surface area contributed by atoms with E-state index in [0.29, 0.717) is 5.92 Å². The highest BCUT2D eigenvalue weighted by Gasteiger charge is 2.11. The number of hydrogen-bond acceptors (Lipinski definition) is 4. The standard InChI is InChI=1S/C16H18N4O/c1-9(2)16-13-5-4-12(21)7-11(13)8-14(18-16)17-15-6-10(3)19-20-15/h4-9,21H,1-3H3,(H2,17,18,19,20). The van der Waals surface area contributed by atoms with Gasteiger partial charge in [-0.3, -0.25) is 5.10 Å². The summed E-state index contributed by atoms with van der Waals surface area (Å²) in [6.45, 7) is 6.16. The highest BCUT2D eigenvalue weighted by Crippen LogP contribution is 2.29. The topological polar surface area (TPSA) is 73.8 Å². The quantitative estimate of drug-likeness (QED) is 0.682. The zero-order valence-electron chi connectivity index (χ0n) is 12.3. The smallest absolute Gasteiger partial charge is 0.153 e. The van der Waals surface area contributed by atoms with Gasteiger partial charge in [0.05, 0.1) is 5.69 Å². The Morgan fingerprint density at radius 1 is 1.14 bits per heavy atom. The van der Waals surface area contributed by atoms with E-state index in [1.54, 1.807) is 12.1 Å². The molecule has 0 amide bonds. The average molecular weight is 282 g/mol. The number of aryl methyl sites for hydroxylation is 1. The van der Waals surface area contributed by atoms with Crippen LogP contribution in [-0.4, -0.2) is 20.3 Å². The van der Waals surface area contributed by atoms with Crippen LogP contribution in [0, 0.1) is 6.92 Å². The Labute approximate surface area is 123 Å². The van der Waals surface area contributed by atoms with Crippen molar-refractivity contribution >= 4 is 22.4 Å². The Morgan fingerprint density at radius 2 is 1.95 bits per heavy atom. The fraction of sp³-hybridized carbons (Fsp3) is 0.250. The number of fused-ring (bicyclic) bond motifs is 1. The van der Waals surface area contributed by atoms with Crippen molar-refractivity contribution in [1.29, 1.82) is 0 Å². The van der Waals surface area contributed by atoms with Crippen LogP contribution in [-0.2, 0) is 0 Å². The number of aromatic hydroxyl groups is 1. The van der Waals surface area contributed by atoms with Gasteiger partial charge in [-0.25, -0.2) is 4.98 Å². The van der Waals surface area contributed by atoms with E-state index in [4.69, 9.17) is 0 Å². The van der Waals surface area contributed by atoms with Crippen molar-refractivity contribution in [2.45, 2.75) is 26.7 Å². The lowest BCUT2D eigenvalue weighted by atomic mass is 10.0. The molecule has 5 heteroatoms. The third-order valence-corrected chi connectivity index (χ3v) is 3.35. The van der Waals surface area contributed by atoms with E-state index < -0.39 is 0 Å². The second-order valence-electron chi connectivity index (χ2n) is 5.51. The predicted octanol–water partition coefficient (Wildman–Crippen LogP) is 3.84. The zero-order valence-corrected chi connectivity index (χ0v) is 12.3. The fourth-order valence-corrected chi connectivity index (χ4v) is 2.39. The highest BCUT2D eigenvalue weighted by atomic mass is 16.3.